The first-order valence-corrected chi connectivity index (χ1v) is 14.8. The molecule has 2 N–H and O–H groups in total. The largest absolute Gasteiger partial charge is 0.444 e. The van der Waals surface area contributed by atoms with Gasteiger partial charge in [-0.3, -0.25) is 14.5 Å². The summed E-state index contributed by atoms with van der Waals surface area (Å²) >= 11 is 6.17. The van der Waals surface area contributed by atoms with E-state index < -0.39 is 59.2 Å². The zero-order chi connectivity index (χ0) is 33.1. The number of carbonyl (C=O) groups is 3. The van der Waals surface area contributed by atoms with Crippen LogP contribution in [0.4, 0.5) is 38.1 Å². The molecule has 4 rings (SSSR count). The van der Waals surface area contributed by atoms with Crippen molar-refractivity contribution in [2.24, 2.45) is 5.92 Å². The number of rotatable bonds is 8. The van der Waals surface area contributed by atoms with Gasteiger partial charge in [-0.25, -0.2) is 13.6 Å². The molecular formula is C30H35ClF5N5O4. The average Bonchev–Trinajstić information content (AvgIpc) is 2.91. The molecule has 0 aromatic heterocycles. The number of likely N-dealkylation sites (tertiary alicyclic amines) is 1. The quantitative estimate of drug-likeness (QED) is 0.368. The van der Waals surface area contributed by atoms with Gasteiger partial charge in [0.2, 0.25) is 5.91 Å². The van der Waals surface area contributed by atoms with Gasteiger partial charge in [0.15, 0.2) is 11.6 Å². The van der Waals surface area contributed by atoms with Crippen molar-refractivity contribution < 1.29 is 41.1 Å². The fraction of sp³-hybridized carbons (Fsp3) is 0.500. The van der Waals surface area contributed by atoms with Gasteiger partial charge in [-0.05, 0) is 45.0 Å². The molecule has 0 saturated carbocycles. The van der Waals surface area contributed by atoms with Crippen LogP contribution in [-0.2, 0) is 16.1 Å². The van der Waals surface area contributed by atoms with Crippen LogP contribution in [0.25, 0.3) is 0 Å². The number of nitrogens with zero attached hydrogens (tertiary/aromatic N) is 3. The molecule has 45 heavy (non-hydrogen) atoms. The molecule has 15 heteroatoms. The third kappa shape index (κ3) is 9.19. The molecular weight excluding hydrogens is 625 g/mol. The van der Waals surface area contributed by atoms with Crippen LogP contribution in [0.1, 0.15) is 43.1 Å². The smallest absolute Gasteiger partial charge is 0.410 e. The highest BCUT2D eigenvalue weighted by molar-refractivity contribution is 6.31. The number of ether oxygens (including phenoxy) is 1. The summed E-state index contributed by atoms with van der Waals surface area (Å²) in [7, 11) is 0. The number of hydrogen-bond donors (Lipinski definition) is 2. The normalized spacial score (nSPS) is 16.3. The van der Waals surface area contributed by atoms with E-state index in [9.17, 15) is 31.9 Å². The van der Waals surface area contributed by atoms with Gasteiger partial charge in [-0.1, -0.05) is 17.7 Å². The first kappa shape index (κ1) is 34.2. The molecule has 2 aliphatic rings. The second kappa shape index (κ2) is 13.8. The van der Waals surface area contributed by atoms with Crippen LogP contribution in [0, 0.1) is 17.6 Å². The van der Waals surface area contributed by atoms with E-state index in [1.807, 2.05) is 4.90 Å². The highest BCUT2D eigenvalue weighted by Crippen LogP contribution is 2.31. The standard InChI is InChI=1S/C30H35ClF5N5O4/c1-29(2,3)45-28(44)41-16-19(17-41)26(42)37-15-18-4-6-21(25(33)24(18)32)27(43)38-22-7-5-20(31)14-23(22)40-12-10-39(11-13-40)9-8-30(34,35)36/h4-7,14,19H,8-13,15-17H2,1-3H3,(H,37,42)(H,38,43). The number of piperazine rings is 1. The number of carbonyl (C=O) groups excluding carboxylic acids is 3. The summed E-state index contributed by atoms with van der Waals surface area (Å²) in [5.41, 5.74) is -0.645. The molecule has 246 valence electrons. The molecule has 2 saturated heterocycles. The van der Waals surface area contributed by atoms with Crippen LogP contribution in [0.5, 0.6) is 0 Å². The lowest BCUT2D eigenvalue weighted by molar-refractivity contribution is -0.138. The Bertz CT molecular complexity index is 1420. The van der Waals surface area contributed by atoms with Crippen LogP contribution in [0.3, 0.4) is 0 Å². The van der Waals surface area contributed by atoms with Crippen LogP contribution in [-0.4, -0.2) is 85.3 Å². The van der Waals surface area contributed by atoms with Crippen molar-refractivity contribution >= 4 is 40.9 Å². The van der Waals surface area contributed by atoms with Gasteiger partial charge in [0, 0.05) is 62.9 Å². The number of benzene rings is 2. The number of nitrogens with one attached hydrogen (secondary N) is 2. The van der Waals surface area contributed by atoms with Crippen molar-refractivity contribution in [3.8, 4) is 0 Å². The molecule has 0 radical (unpaired) electrons. The maximum atomic E-state index is 15.0. The third-order valence-corrected chi connectivity index (χ3v) is 7.63. The lowest BCUT2D eigenvalue weighted by Gasteiger charge is -2.38. The summed E-state index contributed by atoms with van der Waals surface area (Å²) in [6.45, 7) is 6.45. The minimum Gasteiger partial charge on any atom is -0.444 e. The van der Waals surface area contributed by atoms with Crippen molar-refractivity contribution in [3.63, 3.8) is 0 Å². The molecule has 0 aliphatic carbocycles. The van der Waals surface area contributed by atoms with Gasteiger partial charge in [0.1, 0.15) is 5.60 Å². The Morgan fingerprint density at radius 2 is 1.64 bits per heavy atom. The predicted octanol–water partition coefficient (Wildman–Crippen LogP) is 5.43. The van der Waals surface area contributed by atoms with Crippen molar-refractivity contribution in [3.05, 3.63) is 58.1 Å². The number of hydrogen-bond acceptors (Lipinski definition) is 6. The maximum absolute atomic E-state index is 15.0. The minimum absolute atomic E-state index is 0.117. The van der Waals surface area contributed by atoms with Crippen molar-refractivity contribution in [2.45, 2.75) is 45.5 Å². The Morgan fingerprint density at radius 1 is 0.978 bits per heavy atom. The Hall–Kier alpha value is -3.65. The lowest BCUT2D eigenvalue weighted by Crippen LogP contribution is -2.56. The molecule has 2 aromatic carbocycles. The van der Waals surface area contributed by atoms with Crippen LogP contribution >= 0.6 is 11.6 Å². The molecule has 0 unspecified atom stereocenters. The van der Waals surface area contributed by atoms with Gasteiger partial charge >= 0.3 is 12.3 Å². The SMILES string of the molecule is CC(C)(C)OC(=O)N1CC(C(=O)NCc2ccc(C(=O)Nc3ccc(Cl)cc3N3CCN(CCC(F)(F)F)CC3)c(F)c2F)C1. The van der Waals surface area contributed by atoms with E-state index in [0.29, 0.717) is 36.9 Å². The van der Waals surface area contributed by atoms with E-state index in [-0.39, 0.29) is 37.4 Å². The first-order valence-electron chi connectivity index (χ1n) is 14.4. The molecule has 0 spiro atoms. The molecule has 2 fully saturated rings. The highest BCUT2D eigenvalue weighted by Gasteiger charge is 2.38. The number of halogens is 6. The van der Waals surface area contributed by atoms with Crippen LogP contribution < -0.4 is 15.5 Å². The van der Waals surface area contributed by atoms with Gasteiger partial charge in [-0.2, -0.15) is 13.2 Å². The molecule has 3 amide bonds. The third-order valence-electron chi connectivity index (χ3n) is 7.40. The van der Waals surface area contributed by atoms with E-state index in [1.165, 1.54) is 23.1 Å². The Morgan fingerprint density at radius 3 is 2.27 bits per heavy atom. The first-order chi connectivity index (χ1) is 21.0. The Labute approximate surface area is 262 Å². The fourth-order valence-electron chi connectivity index (χ4n) is 4.91. The summed E-state index contributed by atoms with van der Waals surface area (Å²) in [5, 5.41) is 5.47. The van der Waals surface area contributed by atoms with Gasteiger partial charge in [-0.15, -0.1) is 0 Å². The second-order valence-corrected chi connectivity index (χ2v) is 12.4. The number of anilines is 2. The van der Waals surface area contributed by atoms with Gasteiger partial charge in [0.05, 0.1) is 29.3 Å². The zero-order valence-electron chi connectivity index (χ0n) is 25.1. The molecule has 2 aromatic rings. The lowest BCUT2D eigenvalue weighted by atomic mass is 9.99. The summed E-state index contributed by atoms with van der Waals surface area (Å²) in [6.07, 6.45) is -5.69. The Balaban J connectivity index is 1.34. The van der Waals surface area contributed by atoms with Crippen LogP contribution in [0.2, 0.25) is 5.02 Å². The topological polar surface area (TPSA) is 94.2 Å². The Kier molecular flexibility index (Phi) is 10.5. The summed E-state index contributed by atoms with van der Waals surface area (Å²) in [6, 6.07) is 6.91. The molecule has 2 heterocycles. The van der Waals surface area contributed by atoms with E-state index in [4.69, 9.17) is 16.3 Å². The number of alkyl halides is 3. The van der Waals surface area contributed by atoms with Gasteiger partial charge in [0.25, 0.3) is 5.91 Å². The van der Waals surface area contributed by atoms with E-state index in [1.54, 1.807) is 31.7 Å². The van der Waals surface area contributed by atoms with Crippen molar-refractivity contribution in [1.82, 2.24) is 15.1 Å². The fourth-order valence-corrected chi connectivity index (χ4v) is 5.07. The van der Waals surface area contributed by atoms with Crippen LogP contribution in [0.15, 0.2) is 30.3 Å². The predicted molar refractivity (Wildman–Crippen MR) is 158 cm³/mol. The molecule has 2 aliphatic heterocycles. The maximum Gasteiger partial charge on any atom is 0.410 e. The summed E-state index contributed by atoms with van der Waals surface area (Å²) in [4.78, 5) is 42.5. The zero-order valence-corrected chi connectivity index (χ0v) is 25.8. The molecule has 0 atom stereocenters. The molecule has 0 bridgehead atoms. The minimum atomic E-state index is -4.24. The van der Waals surface area contributed by atoms with Gasteiger partial charge < -0.3 is 25.2 Å². The van der Waals surface area contributed by atoms with E-state index in [0.717, 1.165) is 6.07 Å². The molecule has 9 nitrogen and oxygen atoms in total. The highest BCUT2D eigenvalue weighted by atomic mass is 35.5. The monoisotopic (exact) mass is 659 g/mol. The average molecular weight is 660 g/mol. The summed E-state index contributed by atoms with van der Waals surface area (Å²) in [5.74, 6) is -4.57. The summed E-state index contributed by atoms with van der Waals surface area (Å²) < 4.78 is 73.1. The van der Waals surface area contributed by atoms with E-state index >= 15 is 4.39 Å². The number of amides is 3. The second-order valence-electron chi connectivity index (χ2n) is 12.0. The van der Waals surface area contributed by atoms with E-state index in [2.05, 4.69) is 10.6 Å². The van der Waals surface area contributed by atoms with Crippen molar-refractivity contribution in [1.29, 1.82) is 0 Å². The van der Waals surface area contributed by atoms with Crippen molar-refractivity contribution in [2.75, 3.05) is 56.0 Å².